The molecule has 8 nitrogen and oxygen atoms in total. The van der Waals surface area contributed by atoms with Crippen molar-refractivity contribution in [1.29, 1.82) is 0 Å². The number of benzene rings is 1. The van der Waals surface area contributed by atoms with Gasteiger partial charge in [-0.1, -0.05) is 29.3 Å². The third-order valence-electron chi connectivity index (χ3n) is 4.23. The van der Waals surface area contributed by atoms with Crippen molar-refractivity contribution in [3.63, 3.8) is 0 Å². The lowest BCUT2D eigenvalue weighted by Gasteiger charge is -2.08. The molecule has 2 aromatic heterocycles. The maximum Gasteiger partial charge on any atom is 0.357 e. The lowest BCUT2D eigenvalue weighted by molar-refractivity contribution is 0.0685. The van der Waals surface area contributed by atoms with E-state index in [1.165, 1.54) is 10.9 Å². The van der Waals surface area contributed by atoms with Gasteiger partial charge < -0.3 is 10.4 Å². The predicted octanol–water partition coefficient (Wildman–Crippen LogP) is 3.54. The zero-order valence-electron chi connectivity index (χ0n) is 15.3. The maximum absolute atomic E-state index is 12.6. The van der Waals surface area contributed by atoms with Gasteiger partial charge >= 0.3 is 5.97 Å². The maximum atomic E-state index is 12.6. The van der Waals surface area contributed by atoms with E-state index in [1.807, 2.05) is 6.07 Å². The number of aromatic nitrogens is 4. The smallest absolute Gasteiger partial charge is 0.357 e. The quantitative estimate of drug-likeness (QED) is 0.655. The monoisotopic (exact) mass is 421 g/mol. The van der Waals surface area contributed by atoms with E-state index in [2.05, 4.69) is 15.5 Å². The standard InChI is InChI=1S/C18H17Cl2N5O3/c1-9-15(21-17(26)13-8-24(3)23-16(13)18(27)28)10(2)25(22-9)7-11-4-5-12(19)6-14(11)20/h4-6,8H,7H2,1-3H3,(H,21,26)(H,27,28). The molecule has 146 valence electrons. The minimum Gasteiger partial charge on any atom is -0.476 e. The van der Waals surface area contributed by atoms with E-state index in [-0.39, 0.29) is 11.3 Å². The molecule has 0 saturated carbocycles. The van der Waals surface area contributed by atoms with Crippen molar-refractivity contribution in [3.8, 4) is 0 Å². The number of carbonyl (C=O) groups excluding carboxylic acids is 1. The molecule has 3 rings (SSSR count). The van der Waals surface area contributed by atoms with Gasteiger partial charge in [-0.3, -0.25) is 14.2 Å². The summed E-state index contributed by atoms with van der Waals surface area (Å²) in [6.07, 6.45) is 1.36. The van der Waals surface area contributed by atoms with Crippen LogP contribution in [0.3, 0.4) is 0 Å². The number of anilines is 1. The average Bonchev–Trinajstić information content (AvgIpc) is 3.13. The molecule has 3 aromatic rings. The van der Waals surface area contributed by atoms with Gasteiger partial charge in [0, 0.05) is 23.3 Å². The lowest BCUT2D eigenvalue weighted by atomic mass is 10.2. The van der Waals surface area contributed by atoms with Crippen LogP contribution in [0.5, 0.6) is 0 Å². The van der Waals surface area contributed by atoms with Crippen LogP contribution in [0.4, 0.5) is 5.69 Å². The van der Waals surface area contributed by atoms with Crippen LogP contribution in [0.2, 0.25) is 10.0 Å². The molecule has 0 aliphatic rings. The number of aromatic carboxylic acids is 1. The van der Waals surface area contributed by atoms with Gasteiger partial charge in [-0.2, -0.15) is 10.2 Å². The average molecular weight is 422 g/mol. The molecule has 10 heteroatoms. The van der Waals surface area contributed by atoms with E-state index in [0.717, 1.165) is 5.56 Å². The Hall–Kier alpha value is -2.84. The van der Waals surface area contributed by atoms with Crippen molar-refractivity contribution in [1.82, 2.24) is 19.6 Å². The fourth-order valence-electron chi connectivity index (χ4n) is 2.84. The SMILES string of the molecule is Cc1nn(Cc2ccc(Cl)cc2Cl)c(C)c1NC(=O)c1cn(C)nc1C(=O)O. The molecule has 2 heterocycles. The molecule has 28 heavy (non-hydrogen) atoms. The number of carboxylic acid groups (broad SMARTS) is 1. The second-order valence-corrected chi connectivity index (χ2v) is 7.11. The summed E-state index contributed by atoms with van der Waals surface area (Å²) < 4.78 is 2.99. The fraction of sp³-hybridized carbons (Fsp3) is 0.222. The van der Waals surface area contributed by atoms with Gasteiger partial charge in [0.05, 0.1) is 29.2 Å². The van der Waals surface area contributed by atoms with E-state index >= 15 is 0 Å². The van der Waals surface area contributed by atoms with Crippen molar-refractivity contribution in [2.24, 2.45) is 7.05 Å². The highest BCUT2D eigenvalue weighted by molar-refractivity contribution is 6.35. The Labute approximate surface area is 170 Å². The van der Waals surface area contributed by atoms with Crippen molar-refractivity contribution >= 4 is 40.8 Å². The van der Waals surface area contributed by atoms with Gasteiger partial charge in [0.2, 0.25) is 0 Å². The van der Waals surface area contributed by atoms with E-state index < -0.39 is 11.9 Å². The van der Waals surface area contributed by atoms with E-state index in [9.17, 15) is 14.7 Å². The van der Waals surface area contributed by atoms with Crippen molar-refractivity contribution < 1.29 is 14.7 Å². The van der Waals surface area contributed by atoms with Crippen LogP contribution in [-0.2, 0) is 13.6 Å². The summed E-state index contributed by atoms with van der Waals surface area (Å²) in [4.78, 5) is 23.9. The molecule has 0 spiro atoms. The Morgan fingerprint density at radius 3 is 2.57 bits per heavy atom. The summed E-state index contributed by atoms with van der Waals surface area (Å²) in [5.41, 5.74) is 2.30. The second-order valence-electron chi connectivity index (χ2n) is 6.26. The Bertz CT molecular complexity index is 1090. The Morgan fingerprint density at radius 1 is 1.21 bits per heavy atom. The molecule has 0 aliphatic carbocycles. The van der Waals surface area contributed by atoms with Gasteiger partial charge in [0.25, 0.3) is 5.91 Å². The van der Waals surface area contributed by atoms with Gasteiger partial charge in [-0.25, -0.2) is 4.79 Å². The number of nitrogens with zero attached hydrogens (tertiary/aromatic N) is 4. The highest BCUT2D eigenvalue weighted by Crippen LogP contribution is 2.25. The molecular formula is C18H17Cl2N5O3. The number of carbonyl (C=O) groups is 2. The molecular weight excluding hydrogens is 405 g/mol. The molecule has 0 unspecified atom stereocenters. The summed E-state index contributed by atoms with van der Waals surface area (Å²) in [6.45, 7) is 3.95. The molecule has 2 N–H and O–H groups in total. The molecule has 1 aromatic carbocycles. The molecule has 0 saturated heterocycles. The first-order chi connectivity index (χ1) is 13.2. The largest absolute Gasteiger partial charge is 0.476 e. The number of hydrogen-bond acceptors (Lipinski definition) is 4. The lowest BCUT2D eigenvalue weighted by Crippen LogP contribution is -2.16. The van der Waals surface area contributed by atoms with Crippen LogP contribution in [0, 0.1) is 13.8 Å². The second kappa shape index (κ2) is 7.65. The van der Waals surface area contributed by atoms with Crippen molar-refractivity contribution in [2.45, 2.75) is 20.4 Å². The fourth-order valence-corrected chi connectivity index (χ4v) is 3.30. The van der Waals surface area contributed by atoms with E-state index in [4.69, 9.17) is 23.2 Å². The normalized spacial score (nSPS) is 10.9. The number of amides is 1. The molecule has 1 amide bonds. The number of hydrogen-bond donors (Lipinski definition) is 2. The molecule has 0 atom stereocenters. The minimum atomic E-state index is -1.27. The van der Waals surface area contributed by atoms with Crippen LogP contribution in [0.15, 0.2) is 24.4 Å². The first-order valence-electron chi connectivity index (χ1n) is 8.23. The summed E-state index contributed by atoms with van der Waals surface area (Å²) in [5, 5.41) is 21.3. The Kier molecular flexibility index (Phi) is 5.44. The van der Waals surface area contributed by atoms with Gasteiger partial charge in [0.1, 0.15) is 0 Å². The number of nitrogens with one attached hydrogen (secondary N) is 1. The van der Waals surface area contributed by atoms with E-state index in [1.54, 1.807) is 37.7 Å². The summed E-state index contributed by atoms with van der Waals surface area (Å²) in [7, 11) is 1.55. The van der Waals surface area contributed by atoms with Crippen LogP contribution in [0.25, 0.3) is 0 Å². The van der Waals surface area contributed by atoms with Crippen molar-refractivity contribution in [3.05, 3.63) is 62.6 Å². The molecule has 0 bridgehead atoms. The van der Waals surface area contributed by atoms with Crippen molar-refractivity contribution in [2.75, 3.05) is 5.32 Å². The topological polar surface area (TPSA) is 102 Å². The Balaban J connectivity index is 1.88. The van der Waals surface area contributed by atoms with Crippen LogP contribution >= 0.6 is 23.2 Å². The zero-order chi connectivity index (χ0) is 20.6. The predicted molar refractivity (Wildman–Crippen MR) is 105 cm³/mol. The van der Waals surface area contributed by atoms with Crippen LogP contribution in [-0.4, -0.2) is 36.5 Å². The van der Waals surface area contributed by atoms with Gasteiger partial charge in [-0.05, 0) is 31.5 Å². The molecule has 0 aliphatic heterocycles. The number of carboxylic acids is 1. The van der Waals surface area contributed by atoms with Crippen LogP contribution < -0.4 is 5.32 Å². The molecule has 0 radical (unpaired) electrons. The minimum absolute atomic E-state index is 0.0257. The summed E-state index contributed by atoms with van der Waals surface area (Å²) in [5.74, 6) is -1.84. The first-order valence-corrected chi connectivity index (χ1v) is 8.99. The van der Waals surface area contributed by atoms with Gasteiger partial charge in [0.15, 0.2) is 5.69 Å². The zero-order valence-corrected chi connectivity index (χ0v) is 16.8. The van der Waals surface area contributed by atoms with Crippen LogP contribution in [0.1, 0.15) is 37.8 Å². The number of rotatable bonds is 5. The molecule has 0 fully saturated rings. The highest BCUT2D eigenvalue weighted by Gasteiger charge is 2.23. The summed E-state index contributed by atoms with van der Waals surface area (Å²) >= 11 is 12.2. The number of halogens is 2. The highest BCUT2D eigenvalue weighted by atomic mass is 35.5. The third-order valence-corrected chi connectivity index (χ3v) is 4.82. The number of aryl methyl sites for hydroxylation is 2. The van der Waals surface area contributed by atoms with E-state index in [0.29, 0.717) is 33.7 Å². The summed E-state index contributed by atoms with van der Waals surface area (Å²) in [6, 6.07) is 5.21. The Morgan fingerprint density at radius 2 is 1.93 bits per heavy atom. The third kappa shape index (κ3) is 3.88. The van der Waals surface area contributed by atoms with Gasteiger partial charge in [-0.15, -0.1) is 0 Å². The first kappa shape index (κ1) is 19.9.